The van der Waals surface area contributed by atoms with Gasteiger partial charge in [0.1, 0.15) is 0 Å². The predicted octanol–water partition coefficient (Wildman–Crippen LogP) is 2.17. The number of benzene rings is 1. The molecule has 1 rings (SSSR count). The molecule has 0 bridgehead atoms. The van der Waals surface area contributed by atoms with E-state index >= 15 is 0 Å². The van der Waals surface area contributed by atoms with Crippen molar-refractivity contribution in [1.82, 2.24) is 4.90 Å². The lowest BCUT2D eigenvalue weighted by molar-refractivity contribution is 0.158. The van der Waals surface area contributed by atoms with Gasteiger partial charge in [0.2, 0.25) is 0 Å². The second-order valence-electron chi connectivity index (χ2n) is 5.11. The maximum atomic E-state index is 13.1. The lowest BCUT2D eigenvalue weighted by Crippen LogP contribution is -2.54. The first-order valence-electron chi connectivity index (χ1n) is 5.62. The molecule has 0 aliphatic carbocycles. The van der Waals surface area contributed by atoms with Crippen molar-refractivity contribution in [3.8, 4) is 0 Å². The van der Waals surface area contributed by atoms with E-state index in [1.165, 1.54) is 6.07 Å². The number of halogens is 2. The van der Waals surface area contributed by atoms with E-state index in [1.54, 1.807) is 6.07 Å². The van der Waals surface area contributed by atoms with Gasteiger partial charge in [0.05, 0.1) is 0 Å². The van der Waals surface area contributed by atoms with E-state index in [0.717, 1.165) is 6.07 Å². The van der Waals surface area contributed by atoms with Crippen LogP contribution in [0.4, 0.5) is 8.78 Å². The summed E-state index contributed by atoms with van der Waals surface area (Å²) in [6, 6.07) is 3.77. The molecule has 1 aromatic rings. The molecule has 4 heteroatoms. The molecule has 0 aliphatic rings. The fraction of sp³-hybridized carbons (Fsp3) is 0.538. The van der Waals surface area contributed by atoms with E-state index in [9.17, 15) is 8.78 Å². The maximum Gasteiger partial charge on any atom is 0.159 e. The highest BCUT2D eigenvalue weighted by Gasteiger charge is 2.28. The maximum absolute atomic E-state index is 13.1. The standard InChI is InChI=1S/C13H20F2N2/c1-13(2,17(3)4)12(16)8-9-5-6-10(14)11(15)7-9/h5-7,12H,8,16H2,1-4H3. The Bertz CT molecular complexity index is 389. The molecule has 0 saturated heterocycles. The monoisotopic (exact) mass is 242 g/mol. The highest BCUT2D eigenvalue weighted by atomic mass is 19.2. The first-order chi connectivity index (χ1) is 7.75. The van der Waals surface area contributed by atoms with E-state index in [0.29, 0.717) is 12.0 Å². The molecule has 0 saturated carbocycles. The van der Waals surface area contributed by atoms with Crippen LogP contribution in [0, 0.1) is 11.6 Å². The highest BCUT2D eigenvalue weighted by Crippen LogP contribution is 2.19. The SMILES string of the molecule is CN(C)C(C)(C)C(N)Cc1ccc(F)c(F)c1. The molecule has 1 aromatic carbocycles. The fourth-order valence-electron chi connectivity index (χ4n) is 1.50. The minimum Gasteiger partial charge on any atom is -0.326 e. The van der Waals surface area contributed by atoms with E-state index in [2.05, 4.69) is 0 Å². The Kier molecular flexibility index (Phi) is 4.22. The van der Waals surface area contributed by atoms with Crippen LogP contribution in [0.1, 0.15) is 19.4 Å². The van der Waals surface area contributed by atoms with E-state index in [4.69, 9.17) is 5.73 Å². The zero-order valence-electron chi connectivity index (χ0n) is 10.8. The summed E-state index contributed by atoms with van der Waals surface area (Å²) in [5.74, 6) is -1.65. The molecule has 0 fully saturated rings. The molecule has 0 spiro atoms. The third kappa shape index (κ3) is 3.23. The van der Waals surface area contributed by atoms with Crippen LogP contribution < -0.4 is 5.73 Å². The van der Waals surface area contributed by atoms with Crippen molar-refractivity contribution in [3.05, 3.63) is 35.4 Å². The van der Waals surface area contributed by atoms with Crippen LogP contribution in [-0.4, -0.2) is 30.6 Å². The molecule has 2 nitrogen and oxygen atoms in total. The Hall–Kier alpha value is -1.00. The van der Waals surface area contributed by atoms with Gasteiger partial charge in [-0.05, 0) is 52.1 Å². The van der Waals surface area contributed by atoms with Crippen LogP contribution in [-0.2, 0) is 6.42 Å². The summed E-state index contributed by atoms with van der Waals surface area (Å²) in [6.07, 6.45) is 0.516. The molecular weight excluding hydrogens is 222 g/mol. The molecule has 17 heavy (non-hydrogen) atoms. The summed E-state index contributed by atoms with van der Waals surface area (Å²) < 4.78 is 25.8. The van der Waals surface area contributed by atoms with Gasteiger partial charge in [-0.25, -0.2) is 8.78 Å². The van der Waals surface area contributed by atoms with Gasteiger partial charge >= 0.3 is 0 Å². The van der Waals surface area contributed by atoms with Gasteiger partial charge in [-0.1, -0.05) is 6.07 Å². The Morgan fingerprint density at radius 3 is 2.29 bits per heavy atom. The van der Waals surface area contributed by atoms with Crippen LogP contribution in [0.25, 0.3) is 0 Å². The van der Waals surface area contributed by atoms with Gasteiger partial charge < -0.3 is 10.6 Å². The number of hydrogen-bond acceptors (Lipinski definition) is 2. The topological polar surface area (TPSA) is 29.3 Å². The minimum absolute atomic E-state index is 0.151. The molecule has 0 amide bonds. The van der Waals surface area contributed by atoms with Crippen molar-refractivity contribution in [2.24, 2.45) is 5.73 Å². The highest BCUT2D eigenvalue weighted by molar-refractivity contribution is 5.19. The smallest absolute Gasteiger partial charge is 0.159 e. The predicted molar refractivity (Wildman–Crippen MR) is 65.8 cm³/mol. The number of nitrogens with two attached hydrogens (primary N) is 1. The van der Waals surface area contributed by atoms with Gasteiger partial charge in [-0.15, -0.1) is 0 Å². The normalized spacial score (nSPS) is 14.1. The third-order valence-corrected chi connectivity index (χ3v) is 3.50. The van der Waals surface area contributed by atoms with Crippen LogP contribution in [0.5, 0.6) is 0 Å². The largest absolute Gasteiger partial charge is 0.326 e. The summed E-state index contributed by atoms with van der Waals surface area (Å²) in [6.45, 7) is 4.05. The summed E-state index contributed by atoms with van der Waals surface area (Å²) >= 11 is 0. The van der Waals surface area contributed by atoms with Crippen molar-refractivity contribution in [2.75, 3.05) is 14.1 Å². The molecule has 1 unspecified atom stereocenters. The van der Waals surface area contributed by atoms with Crippen molar-refractivity contribution < 1.29 is 8.78 Å². The first-order valence-corrected chi connectivity index (χ1v) is 5.62. The van der Waals surface area contributed by atoms with Crippen molar-refractivity contribution in [3.63, 3.8) is 0 Å². The quantitative estimate of drug-likeness (QED) is 0.876. The Morgan fingerprint density at radius 1 is 1.24 bits per heavy atom. The number of rotatable bonds is 4. The molecule has 0 heterocycles. The van der Waals surface area contributed by atoms with Crippen molar-refractivity contribution in [1.29, 1.82) is 0 Å². The summed E-state index contributed by atoms with van der Waals surface area (Å²) in [4.78, 5) is 2.03. The van der Waals surface area contributed by atoms with Crippen LogP contribution >= 0.6 is 0 Å². The zero-order chi connectivity index (χ0) is 13.2. The lowest BCUT2D eigenvalue weighted by Gasteiger charge is -2.38. The first kappa shape index (κ1) is 14.1. The number of likely N-dealkylation sites (N-methyl/N-ethyl adjacent to an activating group) is 1. The molecular formula is C13H20F2N2. The lowest BCUT2D eigenvalue weighted by atomic mass is 9.89. The van der Waals surface area contributed by atoms with Crippen LogP contribution in [0.2, 0.25) is 0 Å². The molecule has 1 atom stereocenters. The summed E-state index contributed by atoms with van der Waals surface area (Å²) in [7, 11) is 3.90. The Labute approximate surface area is 101 Å². The minimum atomic E-state index is -0.825. The van der Waals surface area contributed by atoms with E-state index < -0.39 is 11.6 Å². The Morgan fingerprint density at radius 2 is 1.82 bits per heavy atom. The third-order valence-electron chi connectivity index (χ3n) is 3.50. The molecule has 96 valence electrons. The number of hydrogen-bond donors (Lipinski definition) is 1. The van der Waals surface area contributed by atoms with Crippen molar-refractivity contribution >= 4 is 0 Å². The zero-order valence-corrected chi connectivity index (χ0v) is 10.8. The summed E-state index contributed by atoms with van der Waals surface area (Å²) in [5.41, 5.74) is 6.63. The molecule has 2 N–H and O–H groups in total. The number of nitrogens with zero attached hydrogens (tertiary/aromatic N) is 1. The van der Waals surface area contributed by atoms with Gasteiger partial charge in [0.25, 0.3) is 0 Å². The van der Waals surface area contributed by atoms with Crippen LogP contribution in [0.15, 0.2) is 18.2 Å². The van der Waals surface area contributed by atoms with E-state index in [-0.39, 0.29) is 11.6 Å². The average molecular weight is 242 g/mol. The van der Waals surface area contributed by atoms with E-state index in [1.807, 2.05) is 32.8 Å². The van der Waals surface area contributed by atoms with Gasteiger partial charge in [0, 0.05) is 11.6 Å². The molecule has 0 aliphatic heterocycles. The van der Waals surface area contributed by atoms with Crippen LogP contribution in [0.3, 0.4) is 0 Å². The van der Waals surface area contributed by atoms with Gasteiger partial charge in [-0.3, -0.25) is 0 Å². The van der Waals surface area contributed by atoms with Gasteiger partial charge in [-0.2, -0.15) is 0 Å². The second kappa shape index (κ2) is 5.10. The average Bonchev–Trinajstić information content (AvgIpc) is 2.23. The fourth-order valence-corrected chi connectivity index (χ4v) is 1.50. The second-order valence-corrected chi connectivity index (χ2v) is 5.11. The molecule has 0 radical (unpaired) electrons. The van der Waals surface area contributed by atoms with Crippen molar-refractivity contribution in [2.45, 2.75) is 31.8 Å². The Balaban J connectivity index is 2.81. The molecule has 0 aromatic heterocycles. The summed E-state index contributed by atoms with van der Waals surface area (Å²) in [5, 5.41) is 0. The van der Waals surface area contributed by atoms with Gasteiger partial charge in [0.15, 0.2) is 11.6 Å².